The molecule has 0 aliphatic carbocycles. The number of hydrogen-bond donors (Lipinski definition) is 0. The first kappa shape index (κ1) is 16.6. The van der Waals surface area contributed by atoms with E-state index in [1.54, 1.807) is 24.3 Å². The standard InChI is InChI=1S/C17H12Cl2O5/c1-9(15(20)10-2-4-12(18)5-3-10)24-17(21)11-6-13(19)16-14(7-11)22-8-23-16/h2-7,9H,8H2,1H3/t9-/m0/s1. The number of hydrogen-bond acceptors (Lipinski definition) is 5. The summed E-state index contributed by atoms with van der Waals surface area (Å²) in [6.07, 6.45) is -0.956. The molecule has 0 radical (unpaired) electrons. The molecule has 0 spiro atoms. The Morgan fingerprint density at radius 2 is 1.79 bits per heavy atom. The monoisotopic (exact) mass is 366 g/mol. The van der Waals surface area contributed by atoms with Crippen LogP contribution in [0.5, 0.6) is 11.5 Å². The highest BCUT2D eigenvalue weighted by molar-refractivity contribution is 6.32. The molecule has 7 heteroatoms. The molecule has 0 fully saturated rings. The molecule has 5 nitrogen and oxygen atoms in total. The fourth-order valence-corrected chi connectivity index (χ4v) is 2.61. The third kappa shape index (κ3) is 3.32. The zero-order valence-electron chi connectivity index (χ0n) is 12.5. The molecule has 0 aromatic heterocycles. The quantitative estimate of drug-likeness (QED) is 0.600. The third-order valence-electron chi connectivity index (χ3n) is 3.44. The average Bonchev–Trinajstić information content (AvgIpc) is 3.04. The van der Waals surface area contributed by atoms with Gasteiger partial charge in [0, 0.05) is 10.6 Å². The van der Waals surface area contributed by atoms with E-state index in [0.29, 0.717) is 22.1 Å². The van der Waals surface area contributed by atoms with E-state index < -0.39 is 12.1 Å². The number of halogens is 2. The first-order valence-electron chi connectivity index (χ1n) is 7.05. The predicted molar refractivity (Wildman–Crippen MR) is 88.2 cm³/mol. The van der Waals surface area contributed by atoms with Gasteiger partial charge < -0.3 is 14.2 Å². The Morgan fingerprint density at radius 3 is 2.50 bits per heavy atom. The highest BCUT2D eigenvalue weighted by Gasteiger charge is 2.24. The van der Waals surface area contributed by atoms with Gasteiger partial charge in [0.15, 0.2) is 17.6 Å². The molecule has 0 N–H and O–H groups in total. The molecule has 0 amide bonds. The third-order valence-corrected chi connectivity index (χ3v) is 3.98. The van der Waals surface area contributed by atoms with Crippen molar-refractivity contribution in [3.8, 4) is 11.5 Å². The van der Waals surface area contributed by atoms with Gasteiger partial charge in [-0.15, -0.1) is 0 Å². The minimum atomic E-state index is -0.956. The lowest BCUT2D eigenvalue weighted by atomic mass is 10.1. The van der Waals surface area contributed by atoms with Gasteiger partial charge in [0.25, 0.3) is 0 Å². The zero-order valence-corrected chi connectivity index (χ0v) is 14.1. The van der Waals surface area contributed by atoms with Crippen molar-refractivity contribution in [2.75, 3.05) is 6.79 Å². The van der Waals surface area contributed by atoms with Crippen LogP contribution >= 0.6 is 23.2 Å². The Labute approximate surface area is 148 Å². The van der Waals surface area contributed by atoms with Gasteiger partial charge in [0.05, 0.1) is 10.6 Å². The van der Waals surface area contributed by atoms with Crippen LogP contribution in [0.4, 0.5) is 0 Å². The van der Waals surface area contributed by atoms with Crippen LogP contribution in [0.25, 0.3) is 0 Å². The smallest absolute Gasteiger partial charge is 0.339 e. The second kappa shape index (κ2) is 6.71. The molecule has 2 aromatic rings. The molecule has 1 aliphatic rings. The highest BCUT2D eigenvalue weighted by Crippen LogP contribution is 2.40. The van der Waals surface area contributed by atoms with Crippen molar-refractivity contribution in [3.63, 3.8) is 0 Å². The number of benzene rings is 2. The Kier molecular flexibility index (Phi) is 4.64. The first-order chi connectivity index (χ1) is 11.5. The van der Waals surface area contributed by atoms with Gasteiger partial charge in [-0.3, -0.25) is 4.79 Å². The van der Waals surface area contributed by atoms with E-state index in [2.05, 4.69) is 0 Å². The summed E-state index contributed by atoms with van der Waals surface area (Å²) in [6.45, 7) is 1.54. The molecule has 1 atom stereocenters. The first-order valence-corrected chi connectivity index (χ1v) is 7.81. The van der Waals surface area contributed by atoms with E-state index >= 15 is 0 Å². The van der Waals surface area contributed by atoms with Gasteiger partial charge in [-0.05, 0) is 43.3 Å². The van der Waals surface area contributed by atoms with Crippen molar-refractivity contribution < 1.29 is 23.8 Å². The highest BCUT2D eigenvalue weighted by atomic mass is 35.5. The molecule has 0 unspecified atom stereocenters. The molecule has 0 saturated carbocycles. The van der Waals surface area contributed by atoms with Crippen molar-refractivity contribution >= 4 is 35.0 Å². The van der Waals surface area contributed by atoms with E-state index in [1.165, 1.54) is 19.1 Å². The maximum absolute atomic E-state index is 12.3. The van der Waals surface area contributed by atoms with Gasteiger partial charge in [-0.25, -0.2) is 4.79 Å². The summed E-state index contributed by atoms with van der Waals surface area (Å²) in [5.74, 6) is -0.249. The lowest BCUT2D eigenvalue weighted by molar-refractivity contribution is 0.0318. The number of carbonyl (C=O) groups excluding carboxylic acids is 2. The fraction of sp³-hybridized carbons (Fsp3) is 0.176. The summed E-state index contributed by atoms with van der Waals surface area (Å²) in [7, 11) is 0. The topological polar surface area (TPSA) is 61.8 Å². The number of esters is 1. The minimum absolute atomic E-state index is 0.0407. The SMILES string of the molecule is C[C@H](OC(=O)c1cc(Cl)c2c(c1)OCO2)C(=O)c1ccc(Cl)cc1. The number of ether oxygens (including phenoxy) is 3. The Bertz CT molecular complexity index is 801. The van der Waals surface area contributed by atoms with Crippen LogP contribution in [0.1, 0.15) is 27.6 Å². The van der Waals surface area contributed by atoms with Gasteiger partial charge >= 0.3 is 5.97 Å². The average molecular weight is 367 g/mol. The van der Waals surface area contributed by atoms with Crippen LogP contribution < -0.4 is 9.47 Å². The summed E-state index contributed by atoms with van der Waals surface area (Å²) in [5.41, 5.74) is 0.587. The van der Waals surface area contributed by atoms with E-state index in [9.17, 15) is 9.59 Å². The number of fused-ring (bicyclic) bond motifs is 1. The summed E-state index contributed by atoms with van der Waals surface area (Å²) in [4.78, 5) is 24.5. The van der Waals surface area contributed by atoms with Crippen LogP contribution in [-0.4, -0.2) is 24.6 Å². The molecule has 1 aliphatic heterocycles. The van der Waals surface area contributed by atoms with E-state index in [-0.39, 0.29) is 23.2 Å². The van der Waals surface area contributed by atoms with Crippen molar-refractivity contribution in [1.82, 2.24) is 0 Å². The van der Waals surface area contributed by atoms with Crippen LogP contribution in [0.3, 0.4) is 0 Å². The second-order valence-corrected chi connectivity index (χ2v) is 5.95. The number of carbonyl (C=O) groups is 2. The zero-order chi connectivity index (χ0) is 17.3. The van der Waals surface area contributed by atoms with Crippen LogP contribution in [0.2, 0.25) is 10.0 Å². The lowest BCUT2D eigenvalue weighted by Crippen LogP contribution is -2.24. The lowest BCUT2D eigenvalue weighted by Gasteiger charge is -2.13. The molecule has 124 valence electrons. The van der Waals surface area contributed by atoms with Gasteiger partial charge in [0.2, 0.25) is 12.6 Å². The van der Waals surface area contributed by atoms with Crippen LogP contribution in [0.15, 0.2) is 36.4 Å². The second-order valence-electron chi connectivity index (χ2n) is 5.11. The van der Waals surface area contributed by atoms with E-state index in [0.717, 1.165) is 0 Å². The van der Waals surface area contributed by atoms with E-state index in [1.807, 2.05) is 0 Å². The van der Waals surface area contributed by atoms with Gasteiger partial charge in [0.1, 0.15) is 0 Å². The van der Waals surface area contributed by atoms with Crippen LogP contribution in [0, 0.1) is 0 Å². The van der Waals surface area contributed by atoms with Gasteiger partial charge in [-0.2, -0.15) is 0 Å². The van der Waals surface area contributed by atoms with Crippen molar-refractivity contribution in [3.05, 3.63) is 57.6 Å². The Hall–Kier alpha value is -2.24. The molecule has 2 aromatic carbocycles. The van der Waals surface area contributed by atoms with Gasteiger partial charge in [-0.1, -0.05) is 23.2 Å². The van der Waals surface area contributed by atoms with Crippen molar-refractivity contribution in [2.24, 2.45) is 0 Å². The molecule has 0 saturated heterocycles. The summed E-state index contributed by atoms with van der Waals surface area (Å²) >= 11 is 11.8. The maximum atomic E-state index is 12.3. The van der Waals surface area contributed by atoms with Crippen molar-refractivity contribution in [1.29, 1.82) is 0 Å². The normalized spacial score (nSPS) is 13.5. The molecule has 3 rings (SSSR count). The minimum Gasteiger partial charge on any atom is -0.454 e. The Morgan fingerprint density at radius 1 is 1.08 bits per heavy atom. The fourth-order valence-electron chi connectivity index (χ4n) is 2.22. The summed E-state index contributed by atoms with van der Waals surface area (Å²) in [5, 5.41) is 0.764. The largest absolute Gasteiger partial charge is 0.454 e. The number of rotatable bonds is 4. The summed E-state index contributed by atoms with van der Waals surface area (Å²) in [6, 6.07) is 9.23. The van der Waals surface area contributed by atoms with E-state index in [4.69, 9.17) is 37.4 Å². The molecular formula is C17H12Cl2O5. The maximum Gasteiger partial charge on any atom is 0.339 e. The predicted octanol–water partition coefficient (Wildman–Crippen LogP) is 4.15. The molecule has 0 bridgehead atoms. The number of Topliss-reactive ketones (excluding diaryl/α,β-unsaturated/α-hetero) is 1. The molecule has 1 heterocycles. The Balaban J connectivity index is 1.73. The van der Waals surface area contributed by atoms with Crippen molar-refractivity contribution in [2.45, 2.75) is 13.0 Å². The van der Waals surface area contributed by atoms with Crippen LogP contribution in [-0.2, 0) is 4.74 Å². The molecular weight excluding hydrogens is 355 g/mol. The molecule has 24 heavy (non-hydrogen) atoms. The number of ketones is 1. The summed E-state index contributed by atoms with van der Waals surface area (Å²) < 4.78 is 15.6.